The summed E-state index contributed by atoms with van der Waals surface area (Å²) >= 11 is 4.40. The topological polar surface area (TPSA) is 0 Å². The fraction of sp³-hybridized carbons (Fsp3) is 1.00. The minimum absolute atomic E-state index is 0.803. The molecule has 0 heterocycles. The smallest absolute Gasteiger partial charge is 0.0474 e. The predicted octanol–water partition coefficient (Wildman–Crippen LogP) is 10.6. The molecule has 0 aromatic heterocycles. The highest BCUT2D eigenvalue weighted by Crippen LogP contribution is 2.25. The van der Waals surface area contributed by atoms with E-state index in [2.05, 4.69) is 44.3 Å². The molecule has 0 aliphatic carbocycles. The van der Waals surface area contributed by atoms with Gasteiger partial charge in [-0.1, -0.05) is 129 Å². The summed E-state index contributed by atoms with van der Waals surface area (Å²) in [7, 11) is 0. The Bertz CT molecular complexity index is 241. The van der Waals surface area contributed by atoms with Gasteiger partial charge in [0.2, 0.25) is 0 Å². The van der Waals surface area contributed by atoms with Crippen LogP contribution in [0.5, 0.6) is 0 Å². The third-order valence-corrected chi connectivity index (χ3v) is 8.50. The molecule has 0 radical (unpaired) electrons. The molecule has 170 valence electrons. The van der Waals surface area contributed by atoms with E-state index >= 15 is 0 Å². The van der Waals surface area contributed by atoms with Gasteiger partial charge >= 0.3 is 0 Å². The van der Waals surface area contributed by atoms with Crippen LogP contribution < -0.4 is 0 Å². The van der Waals surface area contributed by atoms with Gasteiger partial charge in [-0.25, -0.2) is 0 Å². The summed E-state index contributed by atoms with van der Waals surface area (Å²) < 4.78 is 0.803. The van der Waals surface area contributed by atoms with E-state index in [1.54, 1.807) is 0 Å². The molecule has 0 amide bonds. The summed E-state index contributed by atoms with van der Waals surface area (Å²) in [6.45, 7) is 7.02. The van der Waals surface area contributed by atoms with Gasteiger partial charge < -0.3 is 0 Å². The van der Waals surface area contributed by atoms with Gasteiger partial charge in [0.15, 0.2) is 0 Å². The molecule has 0 atom stereocenters. The minimum atomic E-state index is 0.803. The number of rotatable bonds is 24. The first-order chi connectivity index (χ1) is 13.8. The Labute approximate surface area is 188 Å². The van der Waals surface area contributed by atoms with E-state index in [0.717, 1.165) is 4.58 Å². The van der Waals surface area contributed by atoms with Gasteiger partial charge in [0.25, 0.3) is 0 Å². The number of hydrogen-bond acceptors (Lipinski definition) is 2. The van der Waals surface area contributed by atoms with Crippen LogP contribution in [0.3, 0.4) is 0 Å². The highest BCUT2D eigenvalue weighted by molar-refractivity contribution is 8.16. The Kier molecular flexibility index (Phi) is 26.4. The molecule has 2 heteroatoms. The van der Waals surface area contributed by atoms with Gasteiger partial charge in [0.05, 0.1) is 0 Å². The molecule has 0 nitrogen and oxygen atoms in total. The Balaban J connectivity index is 3.12. The molecule has 0 fully saturated rings. The zero-order valence-electron chi connectivity index (χ0n) is 20.0. The molecular weight excluding hydrogens is 376 g/mol. The lowest BCUT2D eigenvalue weighted by molar-refractivity contribution is 0.563. The molecule has 0 aromatic rings. The molecule has 0 unspecified atom stereocenters. The van der Waals surface area contributed by atoms with Crippen LogP contribution in [0.4, 0.5) is 0 Å². The second-order valence-corrected chi connectivity index (χ2v) is 11.9. The van der Waals surface area contributed by atoms with E-state index in [0.29, 0.717) is 0 Å². The second kappa shape index (κ2) is 25.7. The van der Waals surface area contributed by atoms with Crippen molar-refractivity contribution < 1.29 is 0 Å². The largest absolute Gasteiger partial charge is 0.148 e. The second-order valence-electron chi connectivity index (χ2n) is 8.67. The predicted molar refractivity (Wildman–Crippen MR) is 138 cm³/mol. The SMILES string of the molecule is CCCCCCCCCCCCSC(C)SCCCCCCCCCCCC. The maximum atomic E-state index is 2.42. The molecule has 0 saturated heterocycles. The molecule has 0 saturated carbocycles. The fourth-order valence-corrected chi connectivity index (χ4v) is 6.09. The van der Waals surface area contributed by atoms with Crippen LogP contribution in [-0.4, -0.2) is 16.1 Å². The molecule has 0 rings (SSSR count). The van der Waals surface area contributed by atoms with E-state index in [1.165, 1.54) is 140 Å². The average molecular weight is 431 g/mol. The normalized spacial score (nSPS) is 11.6. The van der Waals surface area contributed by atoms with Crippen LogP contribution >= 0.6 is 23.5 Å². The molecule has 0 aliphatic heterocycles. The summed E-state index contributed by atoms with van der Waals surface area (Å²) in [5, 5.41) is 0. The summed E-state index contributed by atoms with van der Waals surface area (Å²) in [6, 6.07) is 0. The lowest BCUT2D eigenvalue weighted by Gasteiger charge is -2.11. The first-order valence-electron chi connectivity index (χ1n) is 13.0. The fourth-order valence-electron chi connectivity index (χ4n) is 3.73. The molecule has 0 N–H and O–H groups in total. The van der Waals surface area contributed by atoms with Crippen molar-refractivity contribution in [1.82, 2.24) is 0 Å². The summed E-state index contributed by atoms with van der Waals surface area (Å²) in [6.07, 6.45) is 29.0. The zero-order chi connectivity index (χ0) is 20.5. The van der Waals surface area contributed by atoms with E-state index in [-0.39, 0.29) is 0 Å². The summed E-state index contributed by atoms with van der Waals surface area (Å²) in [4.78, 5) is 0. The Morgan fingerprint density at radius 3 is 0.929 bits per heavy atom. The van der Waals surface area contributed by atoms with Gasteiger partial charge in [-0.15, -0.1) is 23.5 Å². The van der Waals surface area contributed by atoms with Gasteiger partial charge in [-0.2, -0.15) is 0 Å². The summed E-state index contributed by atoms with van der Waals surface area (Å²) in [5.74, 6) is 2.76. The van der Waals surface area contributed by atoms with Crippen molar-refractivity contribution in [3.8, 4) is 0 Å². The Hall–Kier alpha value is 0.700. The zero-order valence-corrected chi connectivity index (χ0v) is 21.6. The molecule has 28 heavy (non-hydrogen) atoms. The van der Waals surface area contributed by atoms with Crippen LogP contribution in [0.15, 0.2) is 0 Å². The quantitative estimate of drug-likeness (QED) is 0.110. The first kappa shape index (κ1) is 28.7. The Morgan fingerprint density at radius 1 is 0.393 bits per heavy atom. The van der Waals surface area contributed by atoms with Crippen molar-refractivity contribution in [3.63, 3.8) is 0 Å². The van der Waals surface area contributed by atoms with Gasteiger partial charge in [-0.05, 0) is 31.3 Å². The van der Waals surface area contributed by atoms with Crippen LogP contribution in [-0.2, 0) is 0 Å². The first-order valence-corrected chi connectivity index (χ1v) is 15.1. The van der Waals surface area contributed by atoms with Crippen LogP contribution in [0.25, 0.3) is 0 Å². The maximum Gasteiger partial charge on any atom is 0.0474 e. The molecular formula is C26H54S2. The van der Waals surface area contributed by atoms with Crippen molar-refractivity contribution in [2.75, 3.05) is 11.5 Å². The van der Waals surface area contributed by atoms with Gasteiger partial charge in [0.1, 0.15) is 0 Å². The van der Waals surface area contributed by atoms with Crippen molar-refractivity contribution in [2.45, 2.75) is 154 Å². The van der Waals surface area contributed by atoms with Crippen LogP contribution in [0, 0.1) is 0 Å². The maximum absolute atomic E-state index is 2.42. The number of thioether (sulfide) groups is 2. The van der Waals surface area contributed by atoms with E-state index in [1.807, 2.05) is 0 Å². The highest BCUT2D eigenvalue weighted by Gasteiger charge is 2.03. The Morgan fingerprint density at radius 2 is 0.643 bits per heavy atom. The monoisotopic (exact) mass is 430 g/mol. The number of hydrogen-bond donors (Lipinski definition) is 0. The molecule has 0 aromatic carbocycles. The lowest BCUT2D eigenvalue weighted by atomic mass is 10.1. The third-order valence-electron chi connectivity index (χ3n) is 5.70. The molecule has 0 spiro atoms. The van der Waals surface area contributed by atoms with Crippen molar-refractivity contribution in [3.05, 3.63) is 0 Å². The van der Waals surface area contributed by atoms with Crippen LogP contribution in [0.1, 0.15) is 149 Å². The average Bonchev–Trinajstić information content (AvgIpc) is 2.70. The minimum Gasteiger partial charge on any atom is -0.148 e. The highest BCUT2D eigenvalue weighted by atomic mass is 32.2. The third kappa shape index (κ3) is 24.7. The van der Waals surface area contributed by atoms with Gasteiger partial charge in [-0.3, -0.25) is 0 Å². The van der Waals surface area contributed by atoms with E-state index in [4.69, 9.17) is 0 Å². The molecule has 0 bridgehead atoms. The summed E-state index contributed by atoms with van der Waals surface area (Å²) in [5.41, 5.74) is 0. The molecule has 0 aliphatic rings. The van der Waals surface area contributed by atoms with Crippen molar-refractivity contribution in [2.24, 2.45) is 0 Å². The van der Waals surface area contributed by atoms with Gasteiger partial charge in [0, 0.05) is 4.58 Å². The van der Waals surface area contributed by atoms with E-state index in [9.17, 15) is 0 Å². The van der Waals surface area contributed by atoms with E-state index < -0.39 is 0 Å². The lowest BCUT2D eigenvalue weighted by Crippen LogP contribution is -1.94. The van der Waals surface area contributed by atoms with Crippen LogP contribution in [0.2, 0.25) is 0 Å². The standard InChI is InChI=1S/C26H54S2/c1-4-6-8-10-12-14-16-18-20-22-24-27-26(3)28-25-23-21-19-17-15-13-11-9-7-5-2/h26H,4-25H2,1-3H3. The van der Waals surface area contributed by atoms with Crippen molar-refractivity contribution >= 4 is 23.5 Å². The van der Waals surface area contributed by atoms with Crippen molar-refractivity contribution in [1.29, 1.82) is 0 Å². The number of unbranched alkanes of at least 4 members (excludes halogenated alkanes) is 18.